The second-order valence-corrected chi connectivity index (χ2v) is 7.18. The van der Waals surface area contributed by atoms with Crippen molar-refractivity contribution in [3.8, 4) is 0 Å². The Morgan fingerprint density at radius 1 is 1.12 bits per heavy atom. The van der Waals surface area contributed by atoms with Crippen LogP contribution in [0, 0.1) is 12.8 Å². The van der Waals surface area contributed by atoms with Crippen LogP contribution in [0.1, 0.15) is 16.8 Å². The molecule has 0 amide bonds. The Morgan fingerprint density at radius 3 is 2.92 bits per heavy atom. The van der Waals surface area contributed by atoms with Gasteiger partial charge >= 0.3 is 0 Å². The maximum Gasteiger partial charge on any atom is 0.0702 e. The van der Waals surface area contributed by atoms with Gasteiger partial charge in [0.1, 0.15) is 0 Å². The Morgan fingerprint density at radius 2 is 2.00 bits per heavy atom. The van der Waals surface area contributed by atoms with Crippen LogP contribution in [0.5, 0.6) is 0 Å². The number of ether oxygens (including phenoxy) is 1. The SMILES string of the molecule is Cc1cccnc1CN1CCOC[C@H](Cc2ccc3ncccc3c2)C1. The average molecular weight is 347 g/mol. The highest BCUT2D eigenvalue weighted by Crippen LogP contribution is 2.19. The van der Waals surface area contributed by atoms with Crippen LogP contribution >= 0.6 is 0 Å². The van der Waals surface area contributed by atoms with E-state index < -0.39 is 0 Å². The number of aryl methyl sites for hydroxylation is 1. The molecule has 3 aromatic rings. The lowest BCUT2D eigenvalue weighted by Crippen LogP contribution is -2.31. The molecular formula is C22H25N3O. The van der Waals surface area contributed by atoms with E-state index in [0.717, 1.165) is 44.8 Å². The number of hydrogen-bond donors (Lipinski definition) is 0. The van der Waals surface area contributed by atoms with Gasteiger partial charge in [0, 0.05) is 37.4 Å². The molecule has 3 heterocycles. The maximum atomic E-state index is 5.89. The number of fused-ring (bicyclic) bond motifs is 1. The lowest BCUT2D eigenvalue weighted by molar-refractivity contribution is 0.121. The number of pyridine rings is 2. The summed E-state index contributed by atoms with van der Waals surface area (Å²) in [6.07, 6.45) is 4.76. The molecule has 0 spiro atoms. The molecule has 1 atom stereocenters. The molecule has 1 aromatic carbocycles. The Bertz CT molecular complexity index is 880. The van der Waals surface area contributed by atoms with Crippen molar-refractivity contribution in [1.82, 2.24) is 14.9 Å². The molecule has 0 bridgehead atoms. The fourth-order valence-corrected chi connectivity index (χ4v) is 3.70. The van der Waals surface area contributed by atoms with Crippen LogP contribution in [0.3, 0.4) is 0 Å². The highest BCUT2D eigenvalue weighted by Gasteiger charge is 2.20. The summed E-state index contributed by atoms with van der Waals surface area (Å²) in [7, 11) is 0. The number of rotatable bonds is 4. The Kier molecular flexibility index (Phi) is 5.23. The fraction of sp³-hybridized carbons (Fsp3) is 0.364. The molecule has 26 heavy (non-hydrogen) atoms. The summed E-state index contributed by atoms with van der Waals surface area (Å²) in [6.45, 7) is 6.66. The number of nitrogens with zero attached hydrogens (tertiary/aromatic N) is 3. The van der Waals surface area contributed by atoms with E-state index in [-0.39, 0.29) is 0 Å². The summed E-state index contributed by atoms with van der Waals surface area (Å²) in [6, 6.07) is 14.9. The molecule has 0 N–H and O–H groups in total. The van der Waals surface area contributed by atoms with Gasteiger partial charge in [0.15, 0.2) is 0 Å². The molecule has 4 rings (SSSR count). The summed E-state index contributed by atoms with van der Waals surface area (Å²) in [4.78, 5) is 11.4. The van der Waals surface area contributed by atoms with Gasteiger partial charge in [0.05, 0.1) is 24.4 Å². The van der Waals surface area contributed by atoms with E-state index in [1.165, 1.54) is 22.2 Å². The van der Waals surface area contributed by atoms with Gasteiger partial charge in [0.2, 0.25) is 0 Å². The van der Waals surface area contributed by atoms with Crippen LogP contribution in [0.25, 0.3) is 10.9 Å². The molecule has 0 radical (unpaired) electrons. The third kappa shape index (κ3) is 4.09. The molecule has 1 saturated heterocycles. The number of hydrogen-bond acceptors (Lipinski definition) is 4. The molecule has 4 nitrogen and oxygen atoms in total. The van der Waals surface area contributed by atoms with E-state index in [0.29, 0.717) is 5.92 Å². The predicted molar refractivity (Wildman–Crippen MR) is 104 cm³/mol. The summed E-state index contributed by atoms with van der Waals surface area (Å²) < 4.78 is 5.89. The van der Waals surface area contributed by atoms with Crippen LogP contribution in [0.4, 0.5) is 0 Å². The predicted octanol–water partition coefficient (Wildman–Crippen LogP) is 3.63. The van der Waals surface area contributed by atoms with E-state index in [2.05, 4.69) is 52.1 Å². The summed E-state index contributed by atoms with van der Waals surface area (Å²) >= 11 is 0. The molecule has 1 fully saturated rings. The van der Waals surface area contributed by atoms with Gasteiger partial charge in [0.25, 0.3) is 0 Å². The summed E-state index contributed by atoms with van der Waals surface area (Å²) in [5.74, 6) is 0.496. The van der Waals surface area contributed by atoms with Crippen LogP contribution in [0.2, 0.25) is 0 Å². The second-order valence-electron chi connectivity index (χ2n) is 7.18. The first-order valence-electron chi connectivity index (χ1n) is 9.32. The second kappa shape index (κ2) is 7.94. The molecular weight excluding hydrogens is 322 g/mol. The van der Waals surface area contributed by atoms with Crippen molar-refractivity contribution in [3.63, 3.8) is 0 Å². The van der Waals surface area contributed by atoms with Gasteiger partial charge in [-0.15, -0.1) is 0 Å². The first-order valence-corrected chi connectivity index (χ1v) is 9.32. The molecule has 0 saturated carbocycles. The monoisotopic (exact) mass is 347 g/mol. The Balaban J connectivity index is 1.46. The van der Waals surface area contributed by atoms with Crippen LogP contribution in [-0.4, -0.2) is 41.2 Å². The molecule has 0 unspecified atom stereocenters. The lowest BCUT2D eigenvalue weighted by atomic mass is 9.98. The van der Waals surface area contributed by atoms with Gasteiger partial charge in [-0.1, -0.05) is 18.2 Å². The van der Waals surface area contributed by atoms with Crippen molar-refractivity contribution in [2.45, 2.75) is 19.9 Å². The van der Waals surface area contributed by atoms with Crippen molar-refractivity contribution in [2.24, 2.45) is 5.92 Å². The van der Waals surface area contributed by atoms with Crippen molar-refractivity contribution in [3.05, 3.63) is 71.7 Å². The van der Waals surface area contributed by atoms with Crippen LogP contribution in [0.15, 0.2) is 54.9 Å². The molecule has 0 aliphatic carbocycles. The van der Waals surface area contributed by atoms with Gasteiger partial charge in [-0.2, -0.15) is 0 Å². The third-order valence-electron chi connectivity index (χ3n) is 5.10. The topological polar surface area (TPSA) is 38.2 Å². The van der Waals surface area contributed by atoms with Crippen LogP contribution < -0.4 is 0 Å². The minimum Gasteiger partial charge on any atom is -0.380 e. The highest BCUT2D eigenvalue weighted by atomic mass is 16.5. The van der Waals surface area contributed by atoms with Crippen molar-refractivity contribution in [1.29, 1.82) is 0 Å². The van der Waals surface area contributed by atoms with E-state index in [1.807, 2.05) is 24.5 Å². The van der Waals surface area contributed by atoms with Crippen molar-refractivity contribution >= 4 is 10.9 Å². The third-order valence-corrected chi connectivity index (χ3v) is 5.10. The van der Waals surface area contributed by atoms with E-state index in [1.54, 1.807) is 0 Å². The van der Waals surface area contributed by atoms with Crippen molar-refractivity contribution in [2.75, 3.05) is 26.3 Å². The number of benzene rings is 1. The molecule has 2 aromatic heterocycles. The Hall–Kier alpha value is -2.30. The zero-order valence-electron chi connectivity index (χ0n) is 15.3. The summed E-state index contributed by atoms with van der Waals surface area (Å²) in [5.41, 5.74) is 4.84. The maximum absolute atomic E-state index is 5.89. The smallest absolute Gasteiger partial charge is 0.0702 e. The first kappa shape index (κ1) is 17.1. The van der Waals surface area contributed by atoms with Gasteiger partial charge in [-0.25, -0.2) is 0 Å². The first-order chi connectivity index (χ1) is 12.8. The van der Waals surface area contributed by atoms with E-state index in [4.69, 9.17) is 4.74 Å². The van der Waals surface area contributed by atoms with Gasteiger partial charge in [-0.3, -0.25) is 14.9 Å². The normalized spacial score (nSPS) is 18.7. The van der Waals surface area contributed by atoms with E-state index in [9.17, 15) is 0 Å². The largest absolute Gasteiger partial charge is 0.380 e. The molecule has 1 aliphatic rings. The van der Waals surface area contributed by atoms with Gasteiger partial charge < -0.3 is 4.74 Å². The lowest BCUT2D eigenvalue weighted by Gasteiger charge is -2.23. The standard InChI is InChI=1S/C22H25N3O/c1-17-4-2-8-24-22(17)15-25-10-11-26-16-19(14-25)12-18-6-7-21-20(13-18)5-3-9-23-21/h2-9,13,19H,10-12,14-16H2,1H3/t19-/m1/s1. The average Bonchev–Trinajstić information content (AvgIpc) is 2.88. The quantitative estimate of drug-likeness (QED) is 0.722. The molecule has 1 aliphatic heterocycles. The minimum absolute atomic E-state index is 0.496. The van der Waals surface area contributed by atoms with Crippen molar-refractivity contribution < 1.29 is 4.74 Å². The zero-order chi connectivity index (χ0) is 17.8. The zero-order valence-corrected chi connectivity index (χ0v) is 15.3. The highest BCUT2D eigenvalue weighted by molar-refractivity contribution is 5.78. The Labute approximate surface area is 154 Å². The molecule has 4 heteroatoms. The van der Waals surface area contributed by atoms with Gasteiger partial charge in [-0.05, 0) is 54.7 Å². The number of aromatic nitrogens is 2. The minimum atomic E-state index is 0.496. The molecule has 134 valence electrons. The van der Waals surface area contributed by atoms with Crippen LogP contribution in [-0.2, 0) is 17.7 Å². The summed E-state index contributed by atoms with van der Waals surface area (Å²) in [5, 5.41) is 1.21. The van der Waals surface area contributed by atoms with E-state index >= 15 is 0 Å². The fourth-order valence-electron chi connectivity index (χ4n) is 3.70.